The Morgan fingerprint density at radius 3 is 2.67 bits per heavy atom. The minimum absolute atomic E-state index is 0.302. The van der Waals surface area contributed by atoms with E-state index >= 15 is 0 Å². The Morgan fingerprint density at radius 1 is 1.19 bits per heavy atom. The number of hydrogen-bond donors (Lipinski definition) is 0. The van der Waals surface area contributed by atoms with E-state index in [1.54, 1.807) is 0 Å². The van der Waals surface area contributed by atoms with Gasteiger partial charge < -0.3 is 4.57 Å². The van der Waals surface area contributed by atoms with Crippen molar-refractivity contribution in [1.82, 2.24) is 9.55 Å². The molecule has 1 heterocycles. The predicted molar refractivity (Wildman–Crippen MR) is 93.0 cm³/mol. The molecule has 3 nitrogen and oxygen atoms in total. The van der Waals surface area contributed by atoms with Crippen LogP contribution in [0, 0.1) is 14.9 Å². The Balaban J connectivity index is 2.31. The molecule has 2 aromatic carbocycles. The van der Waals surface area contributed by atoms with Crippen LogP contribution in [0.2, 0.25) is 0 Å². The average Bonchev–Trinajstić information content (AvgIpc) is 2.85. The summed E-state index contributed by atoms with van der Waals surface area (Å²) in [6, 6.07) is 16.5. The lowest BCUT2D eigenvalue weighted by atomic mass is 10.2. The van der Waals surface area contributed by atoms with Crippen LogP contribution in [0.1, 0.15) is 25.5 Å². The number of rotatable bonds is 2. The Morgan fingerprint density at radius 2 is 2.00 bits per heavy atom. The Labute approximate surface area is 137 Å². The minimum Gasteiger partial charge on any atom is -0.321 e. The fourth-order valence-corrected chi connectivity index (χ4v) is 3.07. The average molecular weight is 387 g/mol. The van der Waals surface area contributed by atoms with Crippen LogP contribution in [0.5, 0.6) is 0 Å². The lowest BCUT2D eigenvalue weighted by Gasteiger charge is -2.13. The molecule has 3 rings (SSSR count). The van der Waals surface area contributed by atoms with Gasteiger partial charge in [-0.2, -0.15) is 5.26 Å². The number of halogens is 1. The fourth-order valence-electron chi connectivity index (χ4n) is 2.52. The van der Waals surface area contributed by atoms with Crippen molar-refractivity contribution in [3.05, 3.63) is 51.6 Å². The van der Waals surface area contributed by atoms with Gasteiger partial charge in [-0.1, -0.05) is 12.1 Å². The van der Waals surface area contributed by atoms with Crippen LogP contribution in [-0.2, 0) is 0 Å². The summed E-state index contributed by atoms with van der Waals surface area (Å²) < 4.78 is 3.41. The van der Waals surface area contributed by atoms with E-state index < -0.39 is 0 Å². The summed E-state index contributed by atoms with van der Waals surface area (Å²) >= 11 is 2.31. The van der Waals surface area contributed by atoms with Crippen molar-refractivity contribution in [2.24, 2.45) is 0 Å². The molecule has 0 spiro atoms. The van der Waals surface area contributed by atoms with Crippen LogP contribution in [-0.4, -0.2) is 9.55 Å². The van der Waals surface area contributed by atoms with E-state index in [0.717, 1.165) is 22.4 Å². The summed E-state index contributed by atoms with van der Waals surface area (Å²) in [6.07, 6.45) is 0. The lowest BCUT2D eigenvalue weighted by molar-refractivity contribution is 0.624. The van der Waals surface area contributed by atoms with E-state index in [-0.39, 0.29) is 0 Å². The molecule has 0 amide bonds. The largest absolute Gasteiger partial charge is 0.321 e. The Kier molecular flexibility index (Phi) is 3.68. The third kappa shape index (κ3) is 2.54. The third-order valence-electron chi connectivity index (χ3n) is 3.42. The second-order valence-electron chi connectivity index (χ2n) is 5.22. The number of imidazole rings is 1. The van der Waals surface area contributed by atoms with Gasteiger partial charge in [0.2, 0.25) is 0 Å². The summed E-state index contributed by atoms with van der Waals surface area (Å²) in [5.74, 6) is 0.952. The molecule has 21 heavy (non-hydrogen) atoms. The zero-order chi connectivity index (χ0) is 15.0. The van der Waals surface area contributed by atoms with Gasteiger partial charge in [-0.25, -0.2) is 4.98 Å². The molecule has 0 aliphatic carbocycles. The zero-order valence-corrected chi connectivity index (χ0v) is 14.0. The molecule has 0 saturated carbocycles. The van der Waals surface area contributed by atoms with Gasteiger partial charge in [0.25, 0.3) is 0 Å². The normalized spacial score (nSPS) is 11.0. The van der Waals surface area contributed by atoms with Crippen molar-refractivity contribution in [1.29, 1.82) is 5.26 Å². The van der Waals surface area contributed by atoms with E-state index in [9.17, 15) is 0 Å². The summed E-state index contributed by atoms with van der Waals surface area (Å²) in [6.45, 7) is 4.30. The highest BCUT2D eigenvalue weighted by molar-refractivity contribution is 14.1. The zero-order valence-electron chi connectivity index (χ0n) is 11.8. The molecule has 0 radical (unpaired) electrons. The summed E-state index contributed by atoms with van der Waals surface area (Å²) in [7, 11) is 0. The van der Waals surface area contributed by atoms with Gasteiger partial charge in [0.15, 0.2) is 0 Å². The first-order valence-electron chi connectivity index (χ1n) is 6.78. The third-order valence-corrected chi connectivity index (χ3v) is 4.09. The van der Waals surface area contributed by atoms with Crippen LogP contribution >= 0.6 is 22.6 Å². The van der Waals surface area contributed by atoms with E-state index in [1.165, 1.54) is 3.57 Å². The summed E-state index contributed by atoms with van der Waals surface area (Å²) in [5, 5.41) is 9.05. The highest BCUT2D eigenvalue weighted by Gasteiger charge is 2.15. The summed E-state index contributed by atoms with van der Waals surface area (Å²) in [5.41, 5.74) is 3.69. The molecule has 1 aromatic heterocycles. The molecule has 0 N–H and O–H groups in total. The van der Waals surface area contributed by atoms with Gasteiger partial charge in [0, 0.05) is 15.2 Å². The SMILES string of the molecule is CC(C)n1c(-c2cccc(I)c2)nc2cc(C#N)ccc21. The van der Waals surface area contributed by atoms with Crippen LogP contribution in [0.3, 0.4) is 0 Å². The molecular weight excluding hydrogens is 373 g/mol. The van der Waals surface area contributed by atoms with Crippen LogP contribution in [0.15, 0.2) is 42.5 Å². The van der Waals surface area contributed by atoms with Crippen molar-refractivity contribution < 1.29 is 0 Å². The maximum Gasteiger partial charge on any atom is 0.141 e. The Bertz CT molecular complexity index is 856. The standard InChI is InChI=1S/C17H14IN3/c1-11(2)21-16-7-6-12(10-19)8-15(16)20-17(21)13-4-3-5-14(18)9-13/h3-9,11H,1-2H3. The van der Waals surface area contributed by atoms with Crippen LogP contribution < -0.4 is 0 Å². The molecule has 0 unspecified atom stereocenters. The molecule has 0 saturated heterocycles. The number of nitrogens with zero attached hydrogens (tertiary/aromatic N) is 3. The first-order chi connectivity index (χ1) is 10.1. The molecule has 0 aliphatic rings. The summed E-state index contributed by atoms with van der Waals surface area (Å²) in [4.78, 5) is 4.76. The second kappa shape index (κ2) is 5.49. The number of nitriles is 1. The van der Waals surface area contributed by atoms with Gasteiger partial charge in [0.05, 0.1) is 22.7 Å². The van der Waals surface area contributed by atoms with Crippen molar-refractivity contribution in [3.63, 3.8) is 0 Å². The number of fused-ring (bicyclic) bond motifs is 1. The molecule has 104 valence electrons. The monoisotopic (exact) mass is 387 g/mol. The quantitative estimate of drug-likeness (QED) is 0.595. The van der Waals surface area contributed by atoms with Crippen molar-refractivity contribution in [3.8, 4) is 17.5 Å². The van der Waals surface area contributed by atoms with Crippen molar-refractivity contribution >= 4 is 33.6 Å². The topological polar surface area (TPSA) is 41.6 Å². The Hall–Kier alpha value is -1.87. The number of benzene rings is 2. The van der Waals surface area contributed by atoms with Crippen LogP contribution in [0.4, 0.5) is 0 Å². The second-order valence-corrected chi connectivity index (χ2v) is 6.47. The van der Waals surface area contributed by atoms with Gasteiger partial charge >= 0.3 is 0 Å². The van der Waals surface area contributed by atoms with E-state index in [0.29, 0.717) is 11.6 Å². The molecular formula is C17H14IN3. The van der Waals surface area contributed by atoms with Crippen molar-refractivity contribution in [2.75, 3.05) is 0 Å². The van der Waals surface area contributed by atoms with Crippen molar-refractivity contribution in [2.45, 2.75) is 19.9 Å². The van der Waals surface area contributed by atoms with E-state index in [1.807, 2.05) is 24.3 Å². The minimum atomic E-state index is 0.302. The van der Waals surface area contributed by atoms with E-state index in [2.05, 4.69) is 65.3 Å². The van der Waals surface area contributed by atoms with E-state index in [4.69, 9.17) is 10.2 Å². The molecule has 4 heteroatoms. The molecule has 0 fully saturated rings. The molecule has 0 aliphatic heterocycles. The van der Waals surface area contributed by atoms with Gasteiger partial charge in [-0.05, 0) is 66.8 Å². The molecule has 0 bridgehead atoms. The first kappa shape index (κ1) is 14.1. The van der Waals surface area contributed by atoms with Crippen LogP contribution in [0.25, 0.3) is 22.4 Å². The first-order valence-corrected chi connectivity index (χ1v) is 7.86. The highest BCUT2D eigenvalue weighted by Crippen LogP contribution is 2.29. The van der Waals surface area contributed by atoms with Gasteiger partial charge in [-0.3, -0.25) is 0 Å². The number of aromatic nitrogens is 2. The van der Waals surface area contributed by atoms with Gasteiger partial charge in [-0.15, -0.1) is 0 Å². The molecule has 3 aromatic rings. The highest BCUT2D eigenvalue weighted by atomic mass is 127. The maximum atomic E-state index is 9.05. The smallest absolute Gasteiger partial charge is 0.141 e. The lowest BCUT2D eigenvalue weighted by Crippen LogP contribution is -2.03. The predicted octanol–water partition coefficient (Wildman–Crippen LogP) is 4.76. The van der Waals surface area contributed by atoms with Gasteiger partial charge in [0.1, 0.15) is 5.82 Å². The fraction of sp³-hybridized carbons (Fsp3) is 0.176. The molecule has 0 atom stereocenters. The number of hydrogen-bond acceptors (Lipinski definition) is 2. The maximum absolute atomic E-state index is 9.05.